The van der Waals surface area contributed by atoms with E-state index in [4.69, 9.17) is 5.11 Å². The summed E-state index contributed by atoms with van der Waals surface area (Å²) < 4.78 is 0. The molecule has 19 heavy (non-hydrogen) atoms. The first-order valence-electron chi connectivity index (χ1n) is 6.81. The molecule has 0 aliphatic rings. The first-order valence-corrected chi connectivity index (χ1v) is 6.81. The van der Waals surface area contributed by atoms with Gasteiger partial charge in [0.1, 0.15) is 5.82 Å². The number of nitrogens with zero attached hydrogens (tertiary/aromatic N) is 3. The maximum atomic E-state index is 10.8. The Kier molecular flexibility index (Phi) is 5.73. The van der Waals surface area contributed by atoms with E-state index in [1.54, 1.807) is 6.20 Å². The standard InChI is InChI=1S/C14H23N3O2/c1-5-11(6-2)17(9-10(3)4)13-8-15-12(7-16-13)14(18)19/h7-8,10-11H,5-6,9H2,1-4H3,(H,18,19). The molecule has 1 rings (SSSR count). The Morgan fingerprint density at radius 1 is 1.26 bits per heavy atom. The van der Waals surface area contributed by atoms with Crippen LogP contribution in [0, 0.1) is 5.92 Å². The van der Waals surface area contributed by atoms with Gasteiger partial charge in [0.2, 0.25) is 0 Å². The van der Waals surface area contributed by atoms with E-state index in [0.29, 0.717) is 12.0 Å². The molecule has 0 saturated carbocycles. The molecule has 0 saturated heterocycles. The first-order chi connectivity index (χ1) is 8.99. The van der Waals surface area contributed by atoms with Gasteiger partial charge >= 0.3 is 5.97 Å². The summed E-state index contributed by atoms with van der Waals surface area (Å²) in [6.07, 6.45) is 4.95. The molecule has 0 aliphatic heterocycles. The molecule has 1 heterocycles. The molecule has 0 spiro atoms. The molecular weight excluding hydrogens is 242 g/mol. The van der Waals surface area contributed by atoms with Crippen LogP contribution in [0.2, 0.25) is 0 Å². The van der Waals surface area contributed by atoms with Gasteiger partial charge in [0, 0.05) is 12.6 Å². The summed E-state index contributed by atoms with van der Waals surface area (Å²) in [5, 5.41) is 8.85. The summed E-state index contributed by atoms with van der Waals surface area (Å²) in [4.78, 5) is 21.2. The van der Waals surface area contributed by atoms with Gasteiger partial charge in [-0.25, -0.2) is 14.8 Å². The Morgan fingerprint density at radius 3 is 2.26 bits per heavy atom. The Morgan fingerprint density at radius 2 is 1.89 bits per heavy atom. The van der Waals surface area contributed by atoms with Crippen LogP contribution < -0.4 is 4.90 Å². The van der Waals surface area contributed by atoms with E-state index in [9.17, 15) is 4.79 Å². The molecule has 0 amide bonds. The molecule has 1 aromatic rings. The van der Waals surface area contributed by atoms with Crippen LogP contribution in [-0.4, -0.2) is 33.6 Å². The minimum atomic E-state index is -1.04. The number of carboxylic acids is 1. The van der Waals surface area contributed by atoms with Gasteiger partial charge in [-0.15, -0.1) is 0 Å². The summed E-state index contributed by atoms with van der Waals surface area (Å²) in [5.41, 5.74) is -0.0159. The Balaban J connectivity index is 2.99. The monoisotopic (exact) mass is 265 g/mol. The van der Waals surface area contributed by atoms with E-state index in [1.165, 1.54) is 6.20 Å². The highest BCUT2D eigenvalue weighted by atomic mass is 16.4. The van der Waals surface area contributed by atoms with E-state index in [0.717, 1.165) is 25.2 Å². The third kappa shape index (κ3) is 4.19. The molecule has 5 nitrogen and oxygen atoms in total. The van der Waals surface area contributed by atoms with Gasteiger partial charge in [-0.1, -0.05) is 27.7 Å². The second-order valence-corrected chi connectivity index (χ2v) is 5.08. The second kappa shape index (κ2) is 7.07. The van der Waals surface area contributed by atoms with E-state index in [-0.39, 0.29) is 5.69 Å². The molecule has 1 aromatic heterocycles. The van der Waals surface area contributed by atoms with Crippen LogP contribution in [-0.2, 0) is 0 Å². The van der Waals surface area contributed by atoms with Gasteiger partial charge < -0.3 is 10.0 Å². The zero-order valence-corrected chi connectivity index (χ0v) is 12.1. The van der Waals surface area contributed by atoms with Crippen molar-refractivity contribution < 1.29 is 9.90 Å². The predicted octanol–water partition coefficient (Wildman–Crippen LogP) is 2.83. The van der Waals surface area contributed by atoms with Gasteiger partial charge in [0.05, 0.1) is 12.4 Å². The smallest absolute Gasteiger partial charge is 0.356 e. The lowest BCUT2D eigenvalue weighted by atomic mass is 10.1. The summed E-state index contributed by atoms with van der Waals surface area (Å²) in [7, 11) is 0. The number of carbonyl (C=O) groups is 1. The number of anilines is 1. The molecule has 0 bridgehead atoms. The summed E-state index contributed by atoms with van der Waals surface area (Å²) in [6.45, 7) is 9.53. The highest BCUT2D eigenvalue weighted by Crippen LogP contribution is 2.19. The van der Waals surface area contributed by atoms with E-state index >= 15 is 0 Å². The number of aromatic carboxylic acids is 1. The number of carboxylic acid groups (broad SMARTS) is 1. The van der Waals surface area contributed by atoms with E-state index < -0.39 is 5.97 Å². The highest BCUT2D eigenvalue weighted by Gasteiger charge is 2.18. The van der Waals surface area contributed by atoms with Crippen molar-refractivity contribution in [2.75, 3.05) is 11.4 Å². The van der Waals surface area contributed by atoms with Gasteiger partial charge in [-0.05, 0) is 18.8 Å². The lowest BCUT2D eigenvalue weighted by Gasteiger charge is -2.32. The Hall–Kier alpha value is -1.65. The Labute approximate surface area is 114 Å². The van der Waals surface area contributed by atoms with Gasteiger partial charge in [-0.3, -0.25) is 0 Å². The van der Waals surface area contributed by atoms with Crippen LogP contribution in [0.1, 0.15) is 51.0 Å². The summed E-state index contributed by atoms with van der Waals surface area (Å²) >= 11 is 0. The topological polar surface area (TPSA) is 66.3 Å². The molecule has 0 aliphatic carbocycles. The SMILES string of the molecule is CCC(CC)N(CC(C)C)c1cnc(C(=O)O)cn1. The fourth-order valence-electron chi connectivity index (χ4n) is 2.13. The molecular formula is C14H23N3O2. The maximum Gasteiger partial charge on any atom is 0.356 e. The predicted molar refractivity (Wildman–Crippen MR) is 75.5 cm³/mol. The van der Waals surface area contributed by atoms with Crippen molar-refractivity contribution in [3.8, 4) is 0 Å². The molecule has 0 radical (unpaired) electrons. The van der Waals surface area contributed by atoms with Crippen molar-refractivity contribution in [3.05, 3.63) is 18.1 Å². The van der Waals surface area contributed by atoms with Crippen LogP contribution in [0.25, 0.3) is 0 Å². The van der Waals surface area contributed by atoms with Crippen molar-refractivity contribution in [1.82, 2.24) is 9.97 Å². The highest BCUT2D eigenvalue weighted by molar-refractivity contribution is 5.84. The van der Waals surface area contributed by atoms with E-state index in [2.05, 4.69) is 42.6 Å². The maximum absolute atomic E-state index is 10.8. The third-order valence-corrected chi connectivity index (χ3v) is 3.10. The summed E-state index contributed by atoms with van der Waals surface area (Å²) in [5.74, 6) is 0.228. The lowest BCUT2D eigenvalue weighted by Crippen LogP contribution is -2.38. The number of rotatable bonds is 7. The van der Waals surface area contributed by atoms with Crippen LogP contribution in [0.3, 0.4) is 0 Å². The molecule has 1 N–H and O–H groups in total. The minimum Gasteiger partial charge on any atom is -0.476 e. The van der Waals surface area contributed by atoms with Crippen LogP contribution in [0.5, 0.6) is 0 Å². The molecule has 0 unspecified atom stereocenters. The molecule has 0 aromatic carbocycles. The van der Waals surface area contributed by atoms with Gasteiger partial charge in [0.25, 0.3) is 0 Å². The van der Waals surface area contributed by atoms with Crippen LogP contribution in [0.4, 0.5) is 5.82 Å². The average molecular weight is 265 g/mol. The second-order valence-electron chi connectivity index (χ2n) is 5.08. The zero-order chi connectivity index (χ0) is 14.4. The fourth-order valence-corrected chi connectivity index (χ4v) is 2.13. The molecule has 106 valence electrons. The van der Waals surface area contributed by atoms with Crippen LogP contribution >= 0.6 is 0 Å². The zero-order valence-electron chi connectivity index (χ0n) is 12.1. The largest absolute Gasteiger partial charge is 0.476 e. The van der Waals surface area contributed by atoms with Gasteiger partial charge in [-0.2, -0.15) is 0 Å². The van der Waals surface area contributed by atoms with Crippen molar-refractivity contribution in [3.63, 3.8) is 0 Å². The van der Waals surface area contributed by atoms with Crippen molar-refractivity contribution in [2.24, 2.45) is 5.92 Å². The van der Waals surface area contributed by atoms with Gasteiger partial charge in [0.15, 0.2) is 5.69 Å². The van der Waals surface area contributed by atoms with Crippen molar-refractivity contribution in [1.29, 1.82) is 0 Å². The number of hydrogen-bond donors (Lipinski definition) is 1. The molecule has 0 fully saturated rings. The number of hydrogen-bond acceptors (Lipinski definition) is 4. The van der Waals surface area contributed by atoms with Crippen molar-refractivity contribution in [2.45, 2.75) is 46.6 Å². The quantitative estimate of drug-likeness (QED) is 0.821. The molecule has 0 atom stereocenters. The van der Waals surface area contributed by atoms with Crippen molar-refractivity contribution >= 4 is 11.8 Å². The van der Waals surface area contributed by atoms with Crippen LogP contribution in [0.15, 0.2) is 12.4 Å². The number of aromatic nitrogens is 2. The average Bonchev–Trinajstić information content (AvgIpc) is 2.38. The van der Waals surface area contributed by atoms with E-state index in [1.807, 2.05) is 0 Å². The minimum absolute atomic E-state index is 0.0159. The first kappa shape index (κ1) is 15.4. The normalized spacial score (nSPS) is 11.1. The molecule has 5 heteroatoms. The Bertz CT molecular complexity index is 400. The third-order valence-electron chi connectivity index (χ3n) is 3.10. The fraction of sp³-hybridized carbons (Fsp3) is 0.643. The lowest BCUT2D eigenvalue weighted by molar-refractivity contribution is 0.0690. The summed E-state index contributed by atoms with van der Waals surface area (Å²) in [6, 6.07) is 0.410.